The number of carbonyl (C=O) groups excluding carboxylic acids is 1. The van der Waals surface area contributed by atoms with Gasteiger partial charge in [0.05, 0.1) is 39.0 Å². The molecule has 2 fully saturated rings. The summed E-state index contributed by atoms with van der Waals surface area (Å²) in [7, 11) is 1.72. The highest BCUT2D eigenvalue weighted by Crippen LogP contribution is 2.29. The van der Waals surface area contributed by atoms with E-state index in [1.807, 2.05) is 12.1 Å². The predicted molar refractivity (Wildman–Crippen MR) is 109 cm³/mol. The van der Waals surface area contributed by atoms with Crippen LogP contribution in [0.15, 0.2) is 24.3 Å². The molecule has 150 valence electrons. The molecule has 3 rings (SSSR count). The van der Waals surface area contributed by atoms with Gasteiger partial charge in [-0.1, -0.05) is 38.8 Å². The Balaban J connectivity index is 1.53. The van der Waals surface area contributed by atoms with Crippen molar-refractivity contribution in [1.82, 2.24) is 5.32 Å². The highest BCUT2D eigenvalue weighted by molar-refractivity contribution is 5.80. The molecule has 1 saturated carbocycles. The van der Waals surface area contributed by atoms with Crippen LogP contribution in [0, 0.1) is 11.8 Å². The molecule has 1 heterocycles. The summed E-state index contributed by atoms with van der Waals surface area (Å²) in [6.45, 7) is 10.5. The summed E-state index contributed by atoms with van der Waals surface area (Å²) in [5.41, 5.74) is 1.15. The molecule has 1 amide bonds. The van der Waals surface area contributed by atoms with Crippen molar-refractivity contribution in [3.8, 4) is 5.75 Å². The molecule has 1 aromatic carbocycles. The number of amides is 1. The quantitative estimate of drug-likeness (QED) is 0.825. The number of carbonyl (C=O) groups is 1. The molecule has 5 nitrogen and oxygen atoms in total. The van der Waals surface area contributed by atoms with Gasteiger partial charge in [0, 0.05) is 6.04 Å². The minimum Gasteiger partial charge on any atom is -0.495 e. The minimum atomic E-state index is 0.00857. The number of ether oxygens (including phenoxy) is 1. The minimum absolute atomic E-state index is 0.00857. The van der Waals surface area contributed by atoms with Gasteiger partial charge in [-0.3, -0.25) is 4.79 Å². The van der Waals surface area contributed by atoms with Crippen molar-refractivity contribution < 1.29 is 14.4 Å². The molecule has 0 radical (unpaired) electrons. The molecule has 5 heteroatoms. The number of hydrogen-bond acceptors (Lipinski definition) is 3. The second kappa shape index (κ2) is 8.96. The first-order valence-electron chi connectivity index (χ1n) is 10.5. The fraction of sp³-hybridized carbons (Fsp3) is 0.682. The SMILES string of the molecule is COc1ccccc1N1CC[NH+]([C@H](C)C(=O)N[C@@H]2CCC[C@@H](C)[C@H]2C)CC1. The molecule has 1 saturated heterocycles. The van der Waals surface area contributed by atoms with E-state index < -0.39 is 0 Å². The number of para-hydroxylation sites is 2. The van der Waals surface area contributed by atoms with E-state index in [0.29, 0.717) is 17.9 Å². The Morgan fingerprint density at radius 3 is 2.63 bits per heavy atom. The lowest BCUT2D eigenvalue weighted by atomic mass is 9.78. The Morgan fingerprint density at radius 2 is 1.93 bits per heavy atom. The average Bonchev–Trinajstić information content (AvgIpc) is 2.71. The standard InChI is InChI=1S/C22H35N3O2/c1-16-8-7-9-19(17(16)2)23-22(26)18(3)24-12-14-25(15-13-24)20-10-5-6-11-21(20)27-4/h5-6,10-11,16-19H,7-9,12-15H2,1-4H3,(H,23,26)/p+1/t16-,17-,18-,19-/m1/s1. The fourth-order valence-corrected chi connectivity index (χ4v) is 4.64. The monoisotopic (exact) mass is 374 g/mol. The molecule has 27 heavy (non-hydrogen) atoms. The molecule has 0 unspecified atom stereocenters. The van der Waals surface area contributed by atoms with Gasteiger partial charge in [0.1, 0.15) is 5.75 Å². The second-order valence-corrected chi connectivity index (χ2v) is 8.42. The van der Waals surface area contributed by atoms with Crippen LogP contribution >= 0.6 is 0 Å². The maximum absolute atomic E-state index is 12.8. The van der Waals surface area contributed by atoms with E-state index in [2.05, 4.69) is 43.1 Å². The van der Waals surface area contributed by atoms with Gasteiger partial charge < -0.3 is 19.9 Å². The third-order valence-electron chi connectivity index (χ3n) is 6.87. The highest BCUT2D eigenvalue weighted by Gasteiger charge is 2.33. The van der Waals surface area contributed by atoms with E-state index in [1.54, 1.807) is 7.11 Å². The van der Waals surface area contributed by atoms with Crippen LogP contribution < -0.4 is 19.9 Å². The lowest BCUT2D eigenvalue weighted by Crippen LogP contribution is -3.19. The van der Waals surface area contributed by atoms with Crippen LogP contribution in [0.25, 0.3) is 0 Å². The molecule has 4 atom stereocenters. The number of piperazine rings is 1. The number of nitrogens with zero attached hydrogens (tertiary/aromatic N) is 1. The van der Waals surface area contributed by atoms with Crippen LogP contribution in [-0.2, 0) is 4.79 Å². The second-order valence-electron chi connectivity index (χ2n) is 8.42. The summed E-state index contributed by atoms with van der Waals surface area (Å²) < 4.78 is 5.50. The number of methoxy groups -OCH3 is 1. The maximum Gasteiger partial charge on any atom is 0.278 e. The summed E-state index contributed by atoms with van der Waals surface area (Å²) in [5.74, 6) is 2.43. The van der Waals surface area contributed by atoms with Gasteiger partial charge in [-0.05, 0) is 37.3 Å². The van der Waals surface area contributed by atoms with Crippen molar-refractivity contribution in [2.24, 2.45) is 11.8 Å². The normalized spacial score (nSPS) is 27.9. The van der Waals surface area contributed by atoms with Crippen LogP contribution in [0.2, 0.25) is 0 Å². The van der Waals surface area contributed by atoms with E-state index >= 15 is 0 Å². The van der Waals surface area contributed by atoms with E-state index in [9.17, 15) is 4.79 Å². The summed E-state index contributed by atoms with van der Waals surface area (Å²) >= 11 is 0. The first kappa shape index (κ1) is 20.0. The van der Waals surface area contributed by atoms with Crippen molar-refractivity contribution in [3.63, 3.8) is 0 Å². The van der Waals surface area contributed by atoms with Crippen LogP contribution in [-0.4, -0.2) is 51.3 Å². The molecule has 1 aliphatic carbocycles. The Hall–Kier alpha value is -1.75. The van der Waals surface area contributed by atoms with E-state index in [4.69, 9.17) is 4.74 Å². The molecule has 0 aromatic heterocycles. The van der Waals surface area contributed by atoms with E-state index in [-0.39, 0.29) is 11.9 Å². The third-order valence-corrected chi connectivity index (χ3v) is 6.87. The van der Waals surface area contributed by atoms with Gasteiger partial charge in [-0.2, -0.15) is 0 Å². The van der Waals surface area contributed by atoms with Gasteiger partial charge in [-0.15, -0.1) is 0 Å². The first-order chi connectivity index (χ1) is 13.0. The molecule has 1 aliphatic heterocycles. The zero-order valence-corrected chi connectivity index (χ0v) is 17.3. The number of hydrogen-bond donors (Lipinski definition) is 2. The maximum atomic E-state index is 12.8. The largest absolute Gasteiger partial charge is 0.495 e. The number of nitrogens with one attached hydrogen (secondary N) is 2. The van der Waals surface area contributed by atoms with Crippen molar-refractivity contribution in [3.05, 3.63) is 24.3 Å². The number of rotatable bonds is 5. The van der Waals surface area contributed by atoms with Crippen molar-refractivity contribution in [2.45, 2.75) is 52.1 Å². The molecule has 1 aromatic rings. The summed E-state index contributed by atoms with van der Waals surface area (Å²) in [5, 5.41) is 3.36. The average molecular weight is 375 g/mol. The van der Waals surface area contributed by atoms with E-state index in [0.717, 1.165) is 44.0 Å². The van der Waals surface area contributed by atoms with E-state index in [1.165, 1.54) is 17.7 Å². The Labute approximate surface area is 164 Å². The first-order valence-corrected chi connectivity index (χ1v) is 10.5. The Kier molecular flexibility index (Phi) is 6.64. The van der Waals surface area contributed by atoms with Crippen LogP contribution in [0.3, 0.4) is 0 Å². The van der Waals surface area contributed by atoms with Gasteiger partial charge in [-0.25, -0.2) is 0 Å². The van der Waals surface area contributed by atoms with Crippen LogP contribution in [0.4, 0.5) is 5.69 Å². The zero-order valence-electron chi connectivity index (χ0n) is 17.3. The van der Waals surface area contributed by atoms with Gasteiger partial charge >= 0.3 is 0 Å². The lowest BCUT2D eigenvalue weighted by Gasteiger charge is -2.38. The Bertz CT molecular complexity index is 628. The summed E-state index contributed by atoms with van der Waals surface area (Å²) in [6, 6.07) is 8.54. The van der Waals surface area contributed by atoms with Crippen LogP contribution in [0.5, 0.6) is 5.75 Å². The lowest BCUT2D eigenvalue weighted by molar-refractivity contribution is -0.914. The number of benzene rings is 1. The number of anilines is 1. The number of quaternary nitrogens is 1. The Morgan fingerprint density at radius 1 is 1.22 bits per heavy atom. The summed E-state index contributed by atoms with van der Waals surface area (Å²) in [6.07, 6.45) is 3.65. The van der Waals surface area contributed by atoms with Crippen molar-refractivity contribution >= 4 is 11.6 Å². The molecular formula is C22H36N3O2+. The predicted octanol–water partition coefficient (Wildman–Crippen LogP) is 1.73. The zero-order chi connectivity index (χ0) is 19.4. The highest BCUT2D eigenvalue weighted by atomic mass is 16.5. The summed E-state index contributed by atoms with van der Waals surface area (Å²) in [4.78, 5) is 16.6. The van der Waals surface area contributed by atoms with Gasteiger partial charge in [0.15, 0.2) is 6.04 Å². The van der Waals surface area contributed by atoms with Crippen molar-refractivity contribution in [1.29, 1.82) is 0 Å². The third kappa shape index (κ3) is 4.57. The molecule has 2 aliphatic rings. The molecule has 0 spiro atoms. The van der Waals surface area contributed by atoms with Crippen molar-refractivity contribution in [2.75, 3.05) is 38.2 Å². The fourth-order valence-electron chi connectivity index (χ4n) is 4.64. The molecule has 2 N–H and O–H groups in total. The van der Waals surface area contributed by atoms with Crippen LogP contribution in [0.1, 0.15) is 40.0 Å². The topological polar surface area (TPSA) is 46.0 Å². The van der Waals surface area contributed by atoms with Gasteiger partial charge in [0.25, 0.3) is 5.91 Å². The van der Waals surface area contributed by atoms with Gasteiger partial charge in [0.2, 0.25) is 0 Å². The molecule has 0 bridgehead atoms. The smallest absolute Gasteiger partial charge is 0.278 e. The molecular weight excluding hydrogens is 338 g/mol.